The zero-order chi connectivity index (χ0) is 17.5. The van der Waals surface area contributed by atoms with Gasteiger partial charge in [0.25, 0.3) is 0 Å². The van der Waals surface area contributed by atoms with Crippen LogP contribution in [-0.2, 0) is 16.0 Å². The van der Waals surface area contributed by atoms with Crippen LogP contribution in [0.2, 0.25) is 0 Å². The lowest BCUT2D eigenvalue weighted by atomic mass is 10.0. The Morgan fingerprint density at radius 1 is 1.12 bits per heavy atom. The number of carbonyl (C=O) groups excluding carboxylic acids is 1. The molecule has 0 unspecified atom stereocenters. The van der Waals surface area contributed by atoms with Gasteiger partial charge in [0, 0.05) is 44.0 Å². The average molecular weight is 341 g/mol. The molecule has 0 atom stereocenters. The molecule has 0 aliphatic carbocycles. The van der Waals surface area contributed by atoms with E-state index < -0.39 is 0 Å². The first kappa shape index (κ1) is 17.5. The second-order valence-electron chi connectivity index (χ2n) is 6.13. The Hall–Kier alpha value is -2.31. The van der Waals surface area contributed by atoms with Gasteiger partial charge in [-0.3, -0.25) is 9.69 Å². The molecule has 0 radical (unpaired) electrons. The van der Waals surface area contributed by atoms with Crippen LogP contribution in [0.4, 0.5) is 0 Å². The van der Waals surface area contributed by atoms with E-state index in [0.29, 0.717) is 19.0 Å². The average Bonchev–Trinajstić information content (AvgIpc) is 2.63. The molecular weight excluding hydrogens is 318 g/mol. The van der Waals surface area contributed by atoms with Crippen molar-refractivity contribution in [1.82, 2.24) is 14.9 Å². The Bertz CT molecular complexity index is 680. The molecule has 1 aromatic heterocycles. The summed E-state index contributed by atoms with van der Waals surface area (Å²) in [6.45, 7) is 6.49. The molecule has 1 fully saturated rings. The molecule has 2 aromatic rings. The number of ether oxygens (including phenoxy) is 2. The van der Waals surface area contributed by atoms with Crippen LogP contribution < -0.4 is 4.74 Å². The van der Waals surface area contributed by atoms with Crippen molar-refractivity contribution in [3.63, 3.8) is 0 Å². The lowest BCUT2D eigenvalue weighted by Gasteiger charge is -2.26. The molecule has 1 aliphatic rings. The summed E-state index contributed by atoms with van der Waals surface area (Å²) in [5.74, 6) is 0.162. The fraction of sp³-hybridized carbons (Fsp3) is 0.421. The van der Waals surface area contributed by atoms with Gasteiger partial charge in [0.15, 0.2) is 0 Å². The molecule has 6 nitrogen and oxygen atoms in total. The number of morpholine rings is 1. The Morgan fingerprint density at radius 2 is 1.80 bits per heavy atom. The Kier molecular flexibility index (Phi) is 6.09. The number of aromatic nitrogens is 2. The van der Waals surface area contributed by atoms with Crippen molar-refractivity contribution in [1.29, 1.82) is 0 Å². The van der Waals surface area contributed by atoms with Crippen LogP contribution in [0.1, 0.15) is 12.5 Å². The molecule has 2 heterocycles. The predicted molar refractivity (Wildman–Crippen MR) is 94.6 cm³/mol. The fourth-order valence-electron chi connectivity index (χ4n) is 2.73. The van der Waals surface area contributed by atoms with Gasteiger partial charge in [-0.25, -0.2) is 9.97 Å². The van der Waals surface area contributed by atoms with E-state index in [2.05, 4.69) is 14.9 Å². The van der Waals surface area contributed by atoms with Crippen molar-refractivity contribution in [3.05, 3.63) is 42.2 Å². The van der Waals surface area contributed by atoms with Crippen molar-refractivity contribution in [2.24, 2.45) is 0 Å². The molecule has 0 spiro atoms. The van der Waals surface area contributed by atoms with E-state index in [0.717, 1.165) is 49.5 Å². The van der Waals surface area contributed by atoms with Crippen molar-refractivity contribution < 1.29 is 14.3 Å². The fourth-order valence-corrected chi connectivity index (χ4v) is 2.73. The minimum atomic E-state index is 0.162. The standard InChI is InChI=1S/C19H23N3O3/c1-15(23)12-16-2-4-17(5-3-16)18-13-20-19(21-14-18)25-11-8-22-6-9-24-10-7-22/h2-5,13-14H,6-12H2,1H3. The third kappa shape index (κ3) is 5.34. The molecule has 0 saturated carbocycles. The van der Waals surface area contributed by atoms with Crippen LogP contribution in [0.25, 0.3) is 11.1 Å². The number of benzene rings is 1. The molecule has 0 N–H and O–H groups in total. The van der Waals surface area contributed by atoms with Crippen LogP contribution >= 0.6 is 0 Å². The molecule has 1 aromatic carbocycles. The number of hydrogen-bond donors (Lipinski definition) is 0. The zero-order valence-corrected chi connectivity index (χ0v) is 14.5. The van der Waals surface area contributed by atoms with Gasteiger partial charge in [-0.15, -0.1) is 0 Å². The number of Topliss-reactive ketones (excluding diaryl/α,β-unsaturated/α-hetero) is 1. The van der Waals surface area contributed by atoms with Crippen LogP contribution in [-0.4, -0.2) is 60.1 Å². The number of rotatable bonds is 7. The Balaban J connectivity index is 1.51. The van der Waals surface area contributed by atoms with E-state index >= 15 is 0 Å². The van der Waals surface area contributed by atoms with E-state index in [1.54, 1.807) is 19.3 Å². The van der Waals surface area contributed by atoms with Crippen LogP contribution in [0, 0.1) is 0 Å². The predicted octanol–water partition coefficient (Wildman–Crippen LogP) is 1.99. The normalized spacial score (nSPS) is 15.1. The van der Waals surface area contributed by atoms with E-state index in [4.69, 9.17) is 9.47 Å². The van der Waals surface area contributed by atoms with Gasteiger partial charge in [-0.2, -0.15) is 0 Å². The zero-order valence-electron chi connectivity index (χ0n) is 14.5. The van der Waals surface area contributed by atoms with Gasteiger partial charge in [-0.05, 0) is 18.1 Å². The first-order valence-corrected chi connectivity index (χ1v) is 8.54. The third-order valence-corrected chi connectivity index (χ3v) is 4.11. The largest absolute Gasteiger partial charge is 0.462 e. The quantitative estimate of drug-likeness (QED) is 0.767. The molecule has 132 valence electrons. The Morgan fingerprint density at radius 3 is 2.44 bits per heavy atom. The molecule has 0 amide bonds. The van der Waals surface area contributed by atoms with E-state index in [1.165, 1.54) is 0 Å². The first-order chi connectivity index (χ1) is 12.2. The highest BCUT2D eigenvalue weighted by molar-refractivity contribution is 5.78. The van der Waals surface area contributed by atoms with E-state index in [9.17, 15) is 4.79 Å². The summed E-state index contributed by atoms with van der Waals surface area (Å²) in [7, 11) is 0. The molecule has 1 aliphatic heterocycles. The second kappa shape index (κ2) is 8.69. The summed E-state index contributed by atoms with van der Waals surface area (Å²) in [4.78, 5) is 22.0. The third-order valence-electron chi connectivity index (χ3n) is 4.11. The summed E-state index contributed by atoms with van der Waals surface area (Å²) < 4.78 is 10.9. The molecule has 25 heavy (non-hydrogen) atoms. The van der Waals surface area contributed by atoms with E-state index in [1.807, 2.05) is 24.3 Å². The highest BCUT2D eigenvalue weighted by Crippen LogP contribution is 2.19. The number of ketones is 1. The summed E-state index contributed by atoms with van der Waals surface area (Å²) in [6.07, 6.45) is 3.99. The van der Waals surface area contributed by atoms with Crippen molar-refractivity contribution >= 4 is 5.78 Å². The van der Waals surface area contributed by atoms with Gasteiger partial charge in [0.05, 0.1) is 13.2 Å². The first-order valence-electron chi connectivity index (χ1n) is 8.54. The summed E-state index contributed by atoms with van der Waals surface area (Å²) in [5.41, 5.74) is 2.96. The van der Waals surface area contributed by atoms with Gasteiger partial charge >= 0.3 is 6.01 Å². The summed E-state index contributed by atoms with van der Waals surface area (Å²) in [5, 5.41) is 0. The summed E-state index contributed by atoms with van der Waals surface area (Å²) in [6, 6.07) is 8.28. The topological polar surface area (TPSA) is 64.5 Å². The van der Waals surface area contributed by atoms with Crippen LogP contribution in [0.15, 0.2) is 36.7 Å². The van der Waals surface area contributed by atoms with Crippen LogP contribution in [0.5, 0.6) is 6.01 Å². The van der Waals surface area contributed by atoms with Gasteiger partial charge in [0.1, 0.15) is 12.4 Å². The monoisotopic (exact) mass is 341 g/mol. The number of nitrogens with zero attached hydrogens (tertiary/aromatic N) is 3. The van der Waals surface area contributed by atoms with Crippen LogP contribution in [0.3, 0.4) is 0 Å². The van der Waals surface area contributed by atoms with Crippen molar-refractivity contribution in [3.8, 4) is 17.1 Å². The molecule has 3 rings (SSSR count). The molecule has 0 bridgehead atoms. The van der Waals surface area contributed by atoms with Gasteiger partial charge in [0.2, 0.25) is 0 Å². The molecular formula is C19H23N3O3. The minimum Gasteiger partial charge on any atom is -0.462 e. The molecule has 1 saturated heterocycles. The SMILES string of the molecule is CC(=O)Cc1ccc(-c2cnc(OCCN3CCOCC3)nc2)cc1. The number of hydrogen-bond acceptors (Lipinski definition) is 6. The second-order valence-corrected chi connectivity index (χ2v) is 6.13. The lowest BCUT2D eigenvalue weighted by Crippen LogP contribution is -2.38. The van der Waals surface area contributed by atoms with E-state index in [-0.39, 0.29) is 5.78 Å². The maximum Gasteiger partial charge on any atom is 0.316 e. The maximum absolute atomic E-state index is 11.1. The van der Waals surface area contributed by atoms with Crippen molar-refractivity contribution in [2.45, 2.75) is 13.3 Å². The minimum absolute atomic E-state index is 0.162. The number of carbonyl (C=O) groups is 1. The van der Waals surface area contributed by atoms with Gasteiger partial charge in [-0.1, -0.05) is 24.3 Å². The lowest BCUT2D eigenvalue weighted by molar-refractivity contribution is -0.116. The van der Waals surface area contributed by atoms with Gasteiger partial charge < -0.3 is 9.47 Å². The maximum atomic E-state index is 11.1. The summed E-state index contributed by atoms with van der Waals surface area (Å²) >= 11 is 0. The Labute approximate surface area is 147 Å². The molecule has 6 heteroatoms. The highest BCUT2D eigenvalue weighted by Gasteiger charge is 2.10. The van der Waals surface area contributed by atoms with Crippen molar-refractivity contribution in [2.75, 3.05) is 39.5 Å². The smallest absolute Gasteiger partial charge is 0.316 e. The highest BCUT2D eigenvalue weighted by atomic mass is 16.5.